The summed E-state index contributed by atoms with van der Waals surface area (Å²) < 4.78 is 0. The summed E-state index contributed by atoms with van der Waals surface area (Å²) in [5, 5.41) is 0. The summed E-state index contributed by atoms with van der Waals surface area (Å²) in [5.41, 5.74) is 0. The minimum absolute atomic E-state index is 0.301. The molecule has 2 rings (SSSR count). The van der Waals surface area contributed by atoms with E-state index in [1.54, 1.807) is 0 Å². The van der Waals surface area contributed by atoms with Gasteiger partial charge in [0.1, 0.15) is 0 Å². The smallest absolute Gasteiger partial charge is 0.226 e. The van der Waals surface area contributed by atoms with Crippen LogP contribution in [0.25, 0.3) is 0 Å². The van der Waals surface area contributed by atoms with E-state index < -0.39 is 0 Å². The molecule has 2 nitrogen and oxygen atoms in total. The first-order chi connectivity index (χ1) is 9.36. The largest absolute Gasteiger partial charge is 0.342 e. The van der Waals surface area contributed by atoms with Gasteiger partial charge in [0.15, 0.2) is 0 Å². The maximum atomic E-state index is 12.1. The third kappa shape index (κ3) is 5.06. The van der Waals surface area contributed by atoms with Gasteiger partial charge in [0, 0.05) is 19.5 Å². The molecule has 2 aliphatic rings. The van der Waals surface area contributed by atoms with Crippen molar-refractivity contribution in [1.29, 1.82) is 0 Å². The fourth-order valence-electron chi connectivity index (χ4n) is 2.83. The van der Waals surface area contributed by atoms with E-state index >= 15 is 0 Å². The molecular weight excluding hydrogens is 234 g/mol. The van der Waals surface area contributed by atoms with Crippen molar-refractivity contribution >= 4 is 5.91 Å². The van der Waals surface area contributed by atoms with E-state index in [-0.39, 0.29) is 0 Å². The van der Waals surface area contributed by atoms with Crippen LogP contribution in [0.15, 0.2) is 36.5 Å². The van der Waals surface area contributed by atoms with Crippen LogP contribution in [0.3, 0.4) is 0 Å². The molecular formula is C17H25NO. The predicted octanol–water partition coefficient (Wildman–Crippen LogP) is 3.86. The van der Waals surface area contributed by atoms with Crippen molar-refractivity contribution in [3.63, 3.8) is 0 Å². The molecule has 1 fully saturated rings. The number of amides is 1. The number of carbonyl (C=O) groups excluding carboxylic acids is 1. The molecule has 0 aliphatic carbocycles. The Balaban J connectivity index is 1.96. The highest BCUT2D eigenvalue weighted by Crippen LogP contribution is 2.22. The molecule has 1 unspecified atom stereocenters. The van der Waals surface area contributed by atoms with E-state index in [0.717, 1.165) is 32.4 Å². The Morgan fingerprint density at radius 2 is 1.68 bits per heavy atom. The van der Waals surface area contributed by atoms with Crippen LogP contribution < -0.4 is 0 Å². The zero-order chi connectivity index (χ0) is 13.3. The van der Waals surface area contributed by atoms with Crippen molar-refractivity contribution in [2.45, 2.75) is 44.9 Å². The molecule has 2 aliphatic heterocycles. The van der Waals surface area contributed by atoms with Gasteiger partial charge in [-0.05, 0) is 44.4 Å². The van der Waals surface area contributed by atoms with Crippen LogP contribution in [-0.4, -0.2) is 23.9 Å². The number of hydrogen-bond donors (Lipinski definition) is 0. The molecule has 0 N–H and O–H groups in total. The zero-order valence-electron chi connectivity index (χ0n) is 11.8. The summed E-state index contributed by atoms with van der Waals surface area (Å²) in [5.74, 6) is 1.00. The molecule has 2 heteroatoms. The lowest BCUT2D eigenvalue weighted by Crippen LogP contribution is -2.39. The van der Waals surface area contributed by atoms with Crippen molar-refractivity contribution in [3.05, 3.63) is 36.5 Å². The lowest BCUT2D eigenvalue weighted by molar-refractivity contribution is -0.132. The number of fused-ring (bicyclic) bond motifs is 2. The Kier molecular flexibility index (Phi) is 5.93. The fourth-order valence-corrected chi connectivity index (χ4v) is 2.83. The number of allylic oxidation sites excluding steroid dienone is 5. The Labute approximate surface area is 116 Å². The molecule has 0 radical (unpaired) electrons. The molecule has 1 saturated heterocycles. The Morgan fingerprint density at radius 1 is 0.947 bits per heavy atom. The SMILES string of the molecule is O=C1C/C=C\C/C=C/C/C=C\CCC2CCCN1C2. The van der Waals surface area contributed by atoms with Gasteiger partial charge in [0.2, 0.25) is 5.91 Å². The maximum absolute atomic E-state index is 12.1. The van der Waals surface area contributed by atoms with Gasteiger partial charge in [0.05, 0.1) is 0 Å². The zero-order valence-corrected chi connectivity index (χ0v) is 11.8. The fraction of sp³-hybridized carbons (Fsp3) is 0.588. The summed E-state index contributed by atoms with van der Waals surface area (Å²) in [6.07, 6.45) is 20.4. The molecule has 2 bridgehead atoms. The van der Waals surface area contributed by atoms with Crippen molar-refractivity contribution < 1.29 is 4.79 Å². The van der Waals surface area contributed by atoms with Crippen molar-refractivity contribution in [2.24, 2.45) is 5.92 Å². The highest BCUT2D eigenvalue weighted by molar-refractivity contribution is 5.77. The lowest BCUT2D eigenvalue weighted by atomic mass is 9.93. The van der Waals surface area contributed by atoms with Gasteiger partial charge in [0.25, 0.3) is 0 Å². The molecule has 0 aromatic rings. The van der Waals surface area contributed by atoms with E-state index in [9.17, 15) is 4.79 Å². The Morgan fingerprint density at radius 3 is 2.53 bits per heavy atom. The van der Waals surface area contributed by atoms with Crippen LogP contribution in [0.1, 0.15) is 44.9 Å². The monoisotopic (exact) mass is 259 g/mol. The van der Waals surface area contributed by atoms with Crippen molar-refractivity contribution in [2.75, 3.05) is 13.1 Å². The first-order valence-electron chi connectivity index (χ1n) is 7.59. The molecule has 104 valence electrons. The van der Waals surface area contributed by atoms with Gasteiger partial charge in [-0.15, -0.1) is 0 Å². The number of nitrogens with zero attached hydrogens (tertiary/aromatic N) is 1. The molecule has 0 aromatic heterocycles. The second kappa shape index (κ2) is 7.98. The summed E-state index contributed by atoms with van der Waals surface area (Å²) >= 11 is 0. The minimum atomic E-state index is 0.301. The van der Waals surface area contributed by atoms with E-state index in [2.05, 4.69) is 35.3 Å². The van der Waals surface area contributed by atoms with Gasteiger partial charge in [-0.25, -0.2) is 0 Å². The normalized spacial score (nSPS) is 31.1. The predicted molar refractivity (Wildman–Crippen MR) is 79.8 cm³/mol. The number of piperidine rings is 1. The first kappa shape index (κ1) is 14.1. The van der Waals surface area contributed by atoms with E-state index in [0.29, 0.717) is 18.2 Å². The number of rotatable bonds is 0. The summed E-state index contributed by atoms with van der Waals surface area (Å²) in [7, 11) is 0. The summed E-state index contributed by atoms with van der Waals surface area (Å²) in [6.45, 7) is 1.93. The van der Waals surface area contributed by atoms with Gasteiger partial charge < -0.3 is 4.90 Å². The van der Waals surface area contributed by atoms with Crippen LogP contribution in [0.5, 0.6) is 0 Å². The first-order valence-corrected chi connectivity index (χ1v) is 7.59. The van der Waals surface area contributed by atoms with E-state index in [1.165, 1.54) is 19.3 Å². The van der Waals surface area contributed by atoms with Crippen molar-refractivity contribution in [1.82, 2.24) is 4.90 Å². The Bertz CT molecular complexity index is 367. The van der Waals surface area contributed by atoms with Gasteiger partial charge in [-0.2, -0.15) is 0 Å². The third-order valence-corrected chi connectivity index (χ3v) is 3.95. The second-order valence-corrected chi connectivity index (χ2v) is 5.52. The molecule has 1 atom stereocenters. The minimum Gasteiger partial charge on any atom is -0.342 e. The maximum Gasteiger partial charge on any atom is 0.226 e. The van der Waals surface area contributed by atoms with Crippen LogP contribution in [-0.2, 0) is 4.79 Å². The standard InChI is InChI=1S/C17H25NO/c19-17-13-9-7-5-3-1-2-4-6-8-11-16-12-10-14-18(17)15-16/h1,3-4,6-7,9,16H,2,5,8,10-15H2/b3-1+,6-4-,9-7-. The average Bonchev–Trinajstić information content (AvgIpc) is 2.44. The summed E-state index contributed by atoms with van der Waals surface area (Å²) in [6, 6.07) is 0. The van der Waals surface area contributed by atoms with Crippen molar-refractivity contribution in [3.8, 4) is 0 Å². The van der Waals surface area contributed by atoms with Gasteiger partial charge in [-0.3, -0.25) is 4.79 Å². The van der Waals surface area contributed by atoms with Gasteiger partial charge >= 0.3 is 0 Å². The number of hydrogen-bond acceptors (Lipinski definition) is 1. The average molecular weight is 259 g/mol. The number of carbonyl (C=O) groups is 1. The molecule has 0 saturated carbocycles. The van der Waals surface area contributed by atoms with Crippen LogP contribution >= 0.6 is 0 Å². The molecule has 0 spiro atoms. The van der Waals surface area contributed by atoms with Crippen LogP contribution in [0.2, 0.25) is 0 Å². The molecule has 0 aromatic carbocycles. The molecule has 19 heavy (non-hydrogen) atoms. The topological polar surface area (TPSA) is 20.3 Å². The molecule has 1 amide bonds. The Hall–Kier alpha value is -1.31. The van der Waals surface area contributed by atoms with Gasteiger partial charge in [-0.1, -0.05) is 36.5 Å². The van der Waals surface area contributed by atoms with Crippen LogP contribution in [0.4, 0.5) is 0 Å². The van der Waals surface area contributed by atoms with E-state index in [4.69, 9.17) is 0 Å². The molecule has 2 heterocycles. The summed E-state index contributed by atoms with van der Waals surface area (Å²) in [4.78, 5) is 14.2. The highest BCUT2D eigenvalue weighted by Gasteiger charge is 2.22. The third-order valence-electron chi connectivity index (χ3n) is 3.95. The second-order valence-electron chi connectivity index (χ2n) is 5.52. The van der Waals surface area contributed by atoms with E-state index in [1.807, 2.05) is 6.08 Å². The quantitative estimate of drug-likeness (QED) is 0.605. The lowest BCUT2D eigenvalue weighted by Gasteiger charge is -2.32. The highest BCUT2D eigenvalue weighted by atomic mass is 16.2. The van der Waals surface area contributed by atoms with Crippen LogP contribution in [0, 0.1) is 5.92 Å².